The number of cyclic esters (lactones) is 1. The number of carbonyl (C=O) groups excluding carboxylic acids is 1. The number of carbonyl (C=O) groups is 1. The molecule has 1 heterocycles. The van der Waals surface area contributed by atoms with E-state index in [1.165, 1.54) is 18.2 Å². The average Bonchev–Trinajstić information content (AvgIpc) is 2.51. The van der Waals surface area contributed by atoms with Gasteiger partial charge in [0.2, 0.25) is 0 Å². The molecule has 0 fully saturated rings. The normalized spacial score (nSPS) is 19.3. The summed E-state index contributed by atoms with van der Waals surface area (Å²) in [6, 6.07) is 4.02. The number of hydrogen-bond acceptors (Lipinski definition) is 3. The van der Waals surface area contributed by atoms with E-state index in [4.69, 9.17) is 9.47 Å². The predicted molar refractivity (Wildman–Crippen MR) is 58.4 cm³/mol. The number of rotatable bonds is 2. The van der Waals surface area contributed by atoms with Gasteiger partial charge in [0, 0.05) is 11.6 Å². The molecule has 0 saturated carbocycles. The molecule has 0 amide bonds. The molecule has 0 aliphatic carbocycles. The number of ether oxygens (including phenoxy) is 2. The van der Waals surface area contributed by atoms with E-state index >= 15 is 0 Å². The molecule has 0 spiro atoms. The van der Waals surface area contributed by atoms with Gasteiger partial charge in [-0.25, -0.2) is 9.18 Å². The lowest BCUT2D eigenvalue weighted by Gasteiger charge is -2.12. The fraction of sp³-hybridized carbons (Fsp3) is 0.182. The van der Waals surface area contributed by atoms with Crippen molar-refractivity contribution in [1.82, 2.24) is 0 Å². The molecule has 1 aromatic rings. The fourth-order valence-corrected chi connectivity index (χ4v) is 1.70. The summed E-state index contributed by atoms with van der Waals surface area (Å²) in [5.74, 6) is -0.345. The van der Waals surface area contributed by atoms with Crippen LogP contribution in [-0.2, 0) is 9.53 Å². The van der Waals surface area contributed by atoms with Gasteiger partial charge in [-0.3, -0.25) is 0 Å². The Morgan fingerprint density at radius 3 is 2.81 bits per heavy atom. The summed E-state index contributed by atoms with van der Waals surface area (Å²) in [5.41, 5.74) is 0.503. The van der Waals surface area contributed by atoms with E-state index in [1.807, 2.05) is 0 Å². The quantitative estimate of drug-likeness (QED) is 0.785. The molecule has 1 aliphatic rings. The molecule has 16 heavy (non-hydrogen) atoms. The zero-order valence-corrected chi connectivity index (χ0v) is 9.95. The monoisotopic (exact) mass is 286 g/mol. The molecule has 0 aromatic heterocycles. The minimum atomic E-state index is -0.741. The van der Waals surface area contributed by atoms with Crippen LogP contribution in [0.15, 0.2) is 34.3 Å². The summed E-state index contributed by atoms with van der Waals surface area (Å²) in [6.07, 6.45) is 0.826. The highest BCUT2D eigenvalue weighted by atomic mass is 79.9. The first-order chi connectivity index (χ1) is 7.56. The first-order valence-corrected chi connectivity index (χ1v) is 5.36. The molecule has 2 rings (SSSR count). The summed E-state index contributed by atoms with van der Waals surface area (Å²) in [6.45, 7) is 1.64. The van der Waals surface area contributed by atoms with Crippen LogP contribution in [0.5, 0.6) is 5.75 Å². The van der Waals surface area contributed by atoms with Crippen molar-refractivity contribution >= 4 is 21.9 Å². The second-order valence-electron chi connectivity index (χ2n) is 3.32. The third-order valence-corrected chi connectivity index (χ3v) is 2.69. The highest BCUT2D eigenvalue weighted by Crippen LogP contribution is 2.28. The summed E-state index contributed by atoms with van der Waals surface area (Å²) in [5, 5.41) is 0. The third-order valence-electron chi connectivity index (χ3n) is 2.07. The first-order valence-electron chi connectivity index (χ1n) is 4.57. The largest absolute Gasteiger partial charge is 0.450 e. The van der Waals surface area contributed by atoms with Gasteiger partial charge in [0.25, 0.3) is 6.29 Å². The number of halogens is 2. The van der Waals surface area contributed by atoms with Crippen molar-refractivity contribution in [2.45, 2.75) is 13.2 Å². The second-order valence-corrected chi connectivity index (χ2v) is 4.17. The van der Waals surface area contributed by atoms with Crippen LogP contribution in [0.2, 0.25) is 0 Å². The van der Waals surface area contributed by atoms with Crippen molar-refractivity contribution in [1.29, 1.82) is 0 Å². The maximum atomic E-state index is 12.8. The van der Waals surface area contributed by atoms with Crippen LogP contribution in [0.1, 0.15) is 6.92 Å². The molecule has 1 aromatic carbocycles. The Labute approximate surface area is 100.0 Å². The zero-order chi connectivity index (χ0) is 11.7. The van der Waals surface area contributed by atoms with Crippen molar-refractivity contribution in [3.05, 3.63) is 40.1 Å². The topological polar surface area (TPSA) is 35.5 Å². The SMILES string of the molecule is CC1=CC(Oc2ccc(F)cc2Br)OC1=O. The van der Waals surface area contributed by atoms with Crippen molar-refractivity contribution in [3.63, 3.8) is 0 Å². The molecular weight excluding hydrogens is 279 g/mol. The Balaban J connectivity index is 2.14. The second kappa shape index (κ2) is 4.25. The molecule has 0 bridgehead atoms. The number of hydrogen-bond donors (Lipinski definition) is 0. The first kappa shape index (κ1) is 11.1. The maximum Gasteiger partial charge on any atom is 0.336 e. The Bertz CT molecular complexity index is 470. The van der Waals surface area contributed by atoms with E-state index in [1.54, 1.807) is 13.0 Å². The van der Waals surface area contributed by atoms with Crippen LogP contribution in [0.3, 0.4) is 0 Å². The Hall–Kier alpha value is -1.36. The van der Waals surface area contributed by atoms with Crippen molar-refractivity contribution < 1.29 is 18.7 Å². The van der Waals surface area contributed by atoms with Crippen LogP contribution in [0.25, 0.3) is 0 Å². The molecule has 1 aliphatic heterocycles. The lowest BCUT2D eigenvalue weighted by Crippen LogP contribution is -2.15. The standard InChI is InChI=1S/C11H8BrFO3/c1-6-4-10(16-11(6)14)15-9-3-2-7(13)5-8(9)12/h2-5,10H,1H3. The molecule has 0 saturated heterocycles. The molecule has 5 heteroatoms. The van der Waals surface area contributed by atoms with Gasteiger partial charge in [-0.2, -0.15) is 0 Å². The fourth-order valence-electron chi connectivity index (χ4n) is 1.26. The highest BCUT2D eigenvalue weighted by Gasteiger charge is 2.24. The van der Waals surface area contributed by atoms with Crippen LogP contribution >= 0.6 is 15.9 Å². The Morgan fingerprint density at radius 2 is 2.25 bits per heavy atom. The van der Waals surface area contributed by atoms with E-state index in [0.29, 0.717) is 15.8 Å². The zero-order valence-electron chi connectivity index (χ0n) is 8.37. The minimum absolute atomic E-state index is 0.366. The number of benzene rings is 1. The van der Waals surface area contributed by atoms with Gasteiger partial charge in [0.1, 0.15) is 11.6 Å². The minimum Gasteiger partial charge on any atom is -0.450 e. The van der Waals surface area contributed by atoms with Crippen LogP contribution in [0.4, 0.5) is 4.39 Å². The van der Waals surface area contributed by atoms with Crippen molar-refractivity contribution in [2.75, 3.05) is 0 Å². The lowest BCUT2D eigenvalue weighted by atomic mass is 10.3. The highest BCUT2D eigenvalue weighted by molar-refractivity contribution is 9.10. The predicted octanol–water partition coefficient (Wildman–Crippen LogP) is 2.80. The number of esters is 1. The van der Waals surface area contributed by atoms with E-state index in [2.05, 4.69) is 15.9 Å². The molecule has 84 valence electrons. The van der Waals surface area contributed by atoms with Crippen molar-refractivity contribution in [3.8, 4) is 5.75 Å². The van der Waals surface area contributed by atoms with E-state index in [-0.39, 0.29) is 5.82 Å². The van der Waals surface area contributed by atoms with Gasteiger partial charge < -0.3 is 9.47 Å². The van der Waals surface area contributed by atoms with E-state index in [9.17, 15) is 9.18 Å². The Morgan fingerprint density at radius 1 is 1.50 bits per heavy atom. The van der Waals surface area contributed by atoms with Gasteiger partial charge in [0.15, 0.2) is 0 Å². The van der Waals surface area contributed by atoms with Crippen LogP contribution < -0.4 is 4.74 Å². The molecule has 3 nitrogen and oxygen atoms in total. The molecule has 0 N–H and O–H groups in total. The maximum absolute atomic E-state index is 12.8. The summed E-state index contributed by atoms with van der Waals surface area (Å²) >= 11 is 3.16. The van der Waals surface area contributed by atoms with Gasteiger partial charge in [-0.05, 0) is 41.1 Å². The molecular formula is C11H8BrFO3. The van der Waals surface area contributed by atoms with Crippen LogP contribution in [0, 0.1) is 5.82 Å². The summed E-state index contributed by atoms with van der Waals surface area (Å²) < 4.78 is 23.5. The van der Waals surface area contributed by atoms with Gasteiger partial charge in [0.05, 0.1) is 4.47 Å². The summed E-state index contributed by atoms with van der Waals surface area (Å²) in [7, 11) is 0. The van der Waals surface area contributed by atoms with Crippen molar-refractivity contribution in [2.24, 2.45) is 0 Å². The van der Waals surface area contributed by atoms with E-state index in [0.717, 1.165) is 0 Å². The van der Waals surface area contributed by atoms with E-state index < -0.39 is 12.3 Å². The lowest BCUT2D eigenvalue weighted by molar-refractivity contribution is -0.148. The molecule has 0 radical (unpaired) electrons. The smallest absolute Gasteiger partial charge is 0.336 e. The van der Waals surface area contributed by atoms with Gasteiger partial charge in [-0.15, -0.1) is 0 Å². The summed E-state index contributed by atoms with van der Waals surface area (Å²) in [4.78, 5) is 11.1. The average molecular weight is 287 g/mol. The van der Waals surface area contributed by atoms with Crippen LogP contribution in [-0.4, -0.2) is 12.3 Å². The Kier molecular flexibility index (Phi) is 2.96. The van der Waals surface area contributed by atoms with Gasteiger partial charge in [-0.1, -0.05) is 0 Å². The third kappa shape index (κ3) is 2.24. The van der Waals surface area contributed by atoms with Gasteiger partial charge >= 0.3 is 5.97 Å². The molecule has 1 unspecified atom stereocenters. The molecule has 1 atom stereocenters.